The molecule has 158 valence electrons. The first kappa shape index (κ1) is 20.9. The quantitative estimate of drug-likeness (QED) is 0.527. The van der Waals surface area contributed by atoms with Gasteiger partial charge in [-0.1, -0.05) is 22.9 Å². The van der Waals surface area contributed by atoms with E-state index in [1.807, 2.05) is 19.1 Å². The van der Waals surface area contributed by atoms with Crippen LogP contribution in [0.5, 0.6) is 11.5 Å². The fraction of sp³-hybridized carbons (Fsp3) is 0.364. The number of halogens is 1. The standard InChI is InChI=1S/C22H23ClN2O4S/c1-13-16(23)7-9-19-20(13)24-22(30-19)25(12-15-5-4-10-29-15)21(26)14-6-8-17(27-2)18(11-14)28-3/h6-9,11,15H,4-5,10,12H2,1-3H3. The molecule has 6 nitrogen and oxygen atoms in total. The zero-order chi connectivity index (χ0) is 21.3. The van der Waals surface area contributed by atoms with E-state index in [0.717, 1.165) is 35.2 Å². The van der Waals surface area contributed by atoms with Gasteiger partial charge in [0.2, 0.25) is 0 Å². The van der Waals surface area contributed by atoms with Crippen LogP contribution < -0.4 is 14.4 Å². The highest BCUT2D eigenvalue weighted by atomic mass is 35.5. The molecule has 1 aliphatic heterocycles. The average Bonchev–Trinajstić information content (AvgIpc) is 3.43. The number of carbonyl (C=O) groups excluding carboxylic acids is 1. The van der Waals surface area contributed by atoms with Gasteiger partial charge in [-0.3, -0.25) is 9.69 Å². The molecule has 0 N–H and O–H groups in total. The third-order valence-corrected chi connectivity index (χ3v) is 6.71. The molecule has 1 unspecified atom stereocenters. The van der Waals surface area contributed by atoms with Crippen molar-refractivity contribution >= 4 is 44.2 Å². The summed E-state index contributed by atoms with van der Waals surface area (Å²) in [6.45, 7) is 3.10. The Hall–Kier alpha value is -2.35. The maximum atomic E-state index is 13.5. The van der Waals surface area contributed by atoms with Gasteiger partial charge in [-0.15, -0.1) is 0 Å². The number of hydrogen-bond acceptors (Lipinski definition) is 6. The second kappa shape index (κ2) is 8.79. The van der Waals surface area contributed by atoms with Crippen LogP contribution in [-0.2, 0) is 4.74 Å². The summed E-state index contributed by atoms with van der Waals surface area (Å²) >= 11 is 7.75. The van der Waals surface area contributed by atoms with Crippen molar-refractivity contribution in [2.24, 2.45) is 0 Å². The zero-order valence-electron chi connectivity index (χ0n) is 17.1. The summed E-state index contributed by atoms with van der Waals surface area (Å²) in [5.41, 5.74) is 2.23. The summed E-state index contributed by atoms with van der Waals surface area (Å²) < 4.78 is 17.5. The predicted molar refractivity (Wildman–Crippen MR) is 120 cm³/mol. The number of rotatable bonds is 6. The molecule has 30 heavy (non-hydrogen) atoms. The Morgan fingerprint density at radius 1 is 1.27 bits per heavy atom. The lowest BCUT2D eigenvalue weighted by molar-refractivity contribution is 0.0917. The van der Waals surface area contributed by atoms with Crippen molar-refractivity contribution in [3.63, 3.8) is 0 Å². The molecule has 0 bridgehead atoms. The number of thiazole rings is 1. The number of amides is 1. The fourth-order valence-electron chi connectivity index (χ4n) is 3.57. The topological polar surface area (TPSA) is 60.9 Å². The highest BCUT2D eigenvalue weighted by Gasteiger charge is 2.28. The van der Waals surface area contributed by atoms with Gasteiger partial charge in [-0.2, -0.15) is 0 Å². The minimum atomic E-state index is -0.158. The summed E-state index contributed by atoms with van der Waals surface area (Å²) in [6.07, 6.45) is 1.91. The number of anilines is 1. The van der Waals surface area contributed by atoms with Gasteiger partial charge in [-0.05, 0) is 55.7 Å². The maximum absolute atomic E-state index is 13.5. The van der Waals surface area contributed by atoms with Crippen LogP contribution >= 0.6 is 22.9 Å². The lowest BCUT2D eigenvalue weighted by Crippen LogP contribution is -2.37. The van der Waals surface area contributed by atoms with E-state index in [2.05, 4.69) is 0 Å². The molecule has 1 fully saturated rings. The monoisotopic (exact) mass is 446 g/mol. The lowest BCUT2D eigenvalue weighted by Gasteiger charge is -2.23. The van der Waals surface area contributed by atoms with Gasteiger partial charge in [0.1, 0.15) is 0 Å². The number of carbonyl (C=O) groups is 1. The summed E-state index contributed by atoms with van der Waals surface area (Å²) in [7, 11) is 3.12. The number of methoxy groups -OCH3 is 2. The van der Waals surface area contributed by atoms with Gasteiger partial charge in [0.25, 0.3) is 5.91 Å². The van der Waals surface area contributed by atoms with Crippen LogP contribution in [0.2, 0.25) is 5.02 Å². The number of hydrogen-bond donors (Lipinski definition) is 0. The second-order valence-corrected chi connectivity index (χ2v) is 8.55. The largest absolute Gasteiger partial charge is 0.493 e. The van der Waals surface area contributed by atoms with E-state index in [1.54, 1.807) is 37.3 Å². The van der Waals surface area contributed by atoms with E-state index in [-0.39, 0.29) is 12.0 Å². The van der Waals surface area contributed by atoms with Crippen molar-refractivity contribution in [2.75, 3.05) is 32.3 Å². The minimum absolute atomic E-state index is 0.00853. The van der Waals surface area contributed by atoms with Crippen LogP contribution in [0, 0.1) is 6.92 Å². The van der Waals surface area contributed by atoms with E-state index in [9.17, 15) is 4.79 Å². The third kappa shape index (κ3) is 3.97. The van der Waals surface area contributed by atoms with E-state index in [4.69, 9.17) is 30.8 Å². The van der Waals surface area contributed by atoms with Crippen molar-refractivity contribution < 1.29 is 19.0 Å². The van der Waals surface area contributed by atoms with E-state index in [0.29, 0.717) is 33.8 Å². The molecule has 0 spiro atoms. The summed E-state index contributed by atoms with van der Waals surface area (Å²) in [4.78, 5) is 20.0. The number of aromatic nitrogens is 1. The van der Waals surface area contributed by atoms with Crippen LogP contribution in [0.1, 0.15) is 28.8 Å². The Labute approximate surface area is 184 Å². The summed E-state index contributed by atoms with van der Waals surface area (Å²) in [6, 6.07) is 8.97. The highest BCUT2D eigenvalue weighted by Crippen LogP contribution is 2.35. The molecule has 3 aromatic rings. The van der Waals surface area contributed by atoms with E-state index >= 15 is 0 Å². The molecular weight excluding hydrogens is 424 g/mol. The molecule has 2 heterocycles. The van der Waals surface area contributed by atoms with Crippen LogP contribution in [0.3, 0.4) is 0 Å². The second-order valence-electron chi connectivity index (χ2n) is 7.14. The molecule has 1 saturated heterocycles. The minimum Gasteiger partial charge on any atom is -0.493 e. The molecule has 2 aromatic carbocycles. The van der Waals surface area contributed by atoms with Crippen molar-refractivity contribution in [3.05, 3.63) is 46.5 Å². The number of benzene rings is 2. The SMILES string of the molecule is COc1ccc(C(=O)N(CC2CCCO2)c2nc3c(C)c(Cl)ccc3s2)cc1OC. The molecule has 1 aromatic heterocycles. The predicted octanol–water partition coefficient (Wildman–Crippen LogP) is 5.10. The van der Waals surface area contributed by atoms with Gasteiger partial charge in [-0.25, -0.2) is 4.98 Å². The van der Waals surface area contributed by atoms with E-state index in [1.165, 1.54) is 11.3 Å². The average molecular weight is 447 g/mol. The van der Waals surface area contributed by atoms with Gasteiger partial charge in [0.05, 0.1) is 37.1 Å². The third-order valence-electron chi connectivity index (χ3n) is 5.25. The first-order valence-electron chi connectivity index (χ1n) is 9.73. The highest BCUT2D eigenvalue weighted by molar-refractivity contribution is 7.22. The Balaban J connectivity index is 1.74. The number of aryl methyl sites for hydroxylation is 1. The van der Waals surface area contributed by atoms with Crippen molar-refractivity contribution in [3.8, 4) is 11.5 Å². The Bertz CT molecular complexity index is 1080. The van der Waals surface area contributed by atoms with Crippen LogP contribution in [-0.4, -0.2) is 44.4 Å². The van der Waals surface area contributed by atoms with Gasteiger partial charge >= 0.3 is 0 Å². The Morgan fingerprint density at radius 2 is 2.07 bits per heavy atom. The number of ether oxygens (including phenoxy) is 3. The van der Waals surface area contributed by atoms with Crippen LogP contribution in [0.4, 0.5) is 5.13 Å². The van der Waals surface area contributed by atoms with Gasteiger partial charge in [0.15, 0.2) is 16.6 Å². The van der Waals surface area contributed by atoms with E-state index < -0.39 is 0 Å². The number of nitrogens with zero attached hydrogens (tertiary/aromatic N) is 2. The molecule has 0 radical (unpaired) electrons. The lowest BCUT2D eigenvalue weighted by atomic mass is 10.1. The van der Waals surface area contributed by atoms with Crippen LogP contribution in [0.15, 0.2) is 30.3 Å². The first-order valence-corrected chi connectivity index (χ1v) is 10.9. The molecule has 1 amide bonds. The summed E-state index contributed by atoms with van der Waals surface area (Å²) in [5, 5.41) is 1.29. The smallest absolute Gasteiger partial charge is 0.260 e. The van der Waals surface area contributed by atoms with Crippen molar-refractivity contribution in [2.45, 2.75) is 25.9 Å². The zero-order valence-corrected chi connectivity index (χ0v) is 18.7. The molecule has 1 atom stereocenters. The molecule has 4 rings (SSSR count). The molecule has 8 heteroatoms. The molecule has 0 aliphatic carbocycles. The van der Waals surface area contributed by atoms with Crippen molar-refractivity contribution in [1.82, 2.24) is 4.98 Å². The molecule has 0 saturated carbocycles. The summed E-state index contributed by atoms with van der Waals surface area (Å²) in [5.74, 6) is 0.923. The normalized spacial score (nSPS) is 16.1. The first-order chi connectivity index (χ1) is 14.5. The van der Waals surface area contributed by atoms with Crippen molar-refractivity contribution in [1.29, 1.82) is 0 Å². The van der Waals surface area contributed by atoms with Gasteiger partial charge < -0.3 is 14.2 Å². The van der Waals surface area contributed by atoms with Gasteiger partial charge in [0, 0.05) is 17.2 Å². The maximum Gasteiger partial charge on any atom is 0.260 e. The van der Waals surface area contributed by atoms with Crippen LogP contribution in [0.25, 0.3) is 10.2 Å². The number of fused-ring (bicyclic) bond motifs is 1. The fourth-order valence-corrected chi connectivity index (χ4v) is 4.75. The molecular formula is C22H23ClN2O4S. The Morgan fingerprint density at radius 3 is 2.77 bits per heavy atom. The molecule has 1 aliphatic rings. The Kier molecular flexibility index (Phi) is 6.13.